The third-order valence-corrected chi connectivity index (χ3v) is 5.21. The largest absolute Gasteiger partial charge is 0.492 e. The van der Waals surface area contributed by atoms with Crippen LogP contribution >= 0.6 is 0 Å². The molecule has 0 bridgehead atoms. The number of fused-ring (bicyclic) bond motifs is 1. The molecule has 0 radical (unpaired) electrons. The zero-order chi connectivity index (χ0) is 14.7. The molecule has 4 nitrogen and oxygen atoms in total. The summed E-state index contributed by atoms with van der Waals surface area (Å²) >= 11 is 0. The van der Waals surface area contributed by atoms with Gasteiger partial charge in [-0.1, -0.05) is 33.8 Å². The minimum Gasteiger partial charge on any atom is -0.492 e. The number of ether oxygens (including phenoxy) is 1. The smallest absolute Gasteiger partial charge is 0.201 e. The number of benzene rings is 1. The monoisotopic (exact) mass is 273 g/mol. The average Bonchev–Trinajstić information content (AvgIpc) is 2.65. The topological polar surface area (TPSA) is 53.1 Å². The molecule has 4 heteroatoms. The van der Waals surface area contributed by atoms with Crippen molar-refractivity contribution in [3.05, 3.63) is 18.2 Å². The number of rotatable bonds is 3. The van der Waals surface area contributed by atoms with Gasteiger partial charge in [0, 0.05) is 6.04 Å². The van der Waals surface area contributed by atoms with Gasteiger partial charge in [-0.3, -0.25) is 0 Å². The van der Waals surface area contributed by atoms with Crippen LogP contribution in [0, 0.1) is 10.8 Å². The van der Waals surface area contributed by atoms with Crippen molar-refractivity contribution in [3.63, 3.8) is 0 Å². The van der Waals surface area contributed by atoms with E-state index in [9.17, 15) is 0 Å². The zero-order valence-electron chi connectivity index (χ0n) is 12.9. The lowest BCUT2D eigenvalue weighted by Crippen LogP contribution is -2.05. The van der Waals surface area contributed by atoms with Crippen molar-refractivity contribution in [3.8, 4) is 5.75 Å². The van der Waals surface area contributed by atoms with Gasteiger partial charge in [0.15, 0.2) is 0 Å². The van der Waals surface area contributed by atoms with Crippen molar-refractivity contribution in [2.24, 2.45) is 10.8 Å². The lowest BCUT2D eigenvalue weighted by Gasteiger charge is -2.09. The molecular weight excluding hydrogens is 250 g/mol. The summed E-state index contributed by atoms with van der Waals surface area (Å²) in [7, 11) is 0. The molecule has 1 aromatic heterocycles. The molecule has 1 aromatic carbocycles. The number of hydrogen-bond acceptors (Lipinski definition) is 3. The van der Waals surface area contributed by atoms with Crippen LogP contribution in [0.1, 0.15) is 40.7 Å². The highest BCUT2D eigenvalue weighted by atomic mass is 16.5. The number of aromatic nitrogens is 2. The second-order valence-corrected chi connectivity index (χ2v) is 6.74. The summed E-state index contributed by atoms with van der Waals surface area (Å²) in [6, 6.07) is 6.40. The van der Waals surface area contributed by atoms with Crippen molar-refractivity contribution in [2.45, 2.75) is 40.7 Å². The molecule has 20 heavy (non-hydrogen) atoms. The minimum absolute atomic E-state index is 0.219. The highest BCUT2D eigenvalue weighted by Crippen LogP contribution is 2.72. The van der Waals surface area contributed by atoms with E-state index < -0.39 is 0 Å². The van der Waals surface area contributed by atoms with E-state index in [-0.39, 0.29) is 10.8 Å². The fraction of sp³-hybridized carbons (Fsp3) is 0.562. The van der Waals surface area contributed by atoms with E-state index in [1.165, 1.54) is 0 Å². The molecule has 2 aromatic rings. The molecule has 2 N–H and O–H groups in total. The SMILES string of the molecule is CCOc1cccc2c1nc(N)n2C1C(C)(C)C1(C)C. The van der Waals surface area contributed by atoms with E-state index >= 15 is 0 Å². The molecule has 108 valence electrons. The highest BCUT2D eigenvalue weighted by molar-refractivity contribution is 5.84. The van der Waals surface area contributed by atoms with Crippen molar-refractivity contribution in [1.29, 1.82) is 0 Å². The Hall–Kier alpha value is -1.71. The molecule has 0 saturated heterocycles. The summed E-state index contributed by atoms with van der Waals surface area (Å²) in [5.74, 6) is 1.39. The maximum atomic E-state index is 6.20. The molecular formula is C16H23N3O. The normalized spacial score (nSPS) is 20.2. The van der Waals surface area contributed by atoms with Crippen LogP contribution in [-0.2, 0) is 0 Å². The van der Waals surface area contributed by atoms with Crippen LogP contribution in [0.3, 0.4) is 0 Å². The van der Waals surface area contributed by atoms with Crippen molar-refractivity contribution >= 4 is 17.0 Å². The Morgan fingerprint density at radius 1 is 1.25 bits per heavy atom. The lowest BCUT2D eigenvalue weighted by atomic mass is 10.0. The number of nitrogen functional groups attached to an aromatic ring is 1. The molecule has 1 heterocycles. The summed E-state index contributed by atoms with van der Waals surface area (Å²) in [5, 5.41) is 0. The first-order chi connectivity index (χ1) is 9.32. The van der Waals surface area contributed by atoms with Crippen LogP contribution in [0.15, 0.2) is 18.2 Å². The standard InChI is InChI=1S/C16H23N3O/c1-6-20-11-9-7-8-10-12(11)18-14(17)19(10)13-15(2,3)16(13,4)5/h7-9,13H,6H2,1-5H3,(H2,17,18). The zero-order valence-corrected chi connectivity index (χ0v) is 12.9. The fourth-order valence-corrected chi connectivity index (χ4v) is 3.46. The van der Waals surface area contributed by atoms with Crippen LogP contribution < -0.4 is 10.5 Å². The van der Waals surface area contributed by atoms with Crippen LogP contribution in [0.2, 0.25) is 0 Å². The third-order valence-electron chi connectivity index (χ3n) is 5.21. The van der Waals surface area contributed by atoms with E-state index in [0.29, 0.717) is 18.6 Å². The second-order valence-electron chi connectivity index (χ2n) is 6.74. The lowest BCUT2D eigenvalue weighted by molar-refractivity contribution is 0.343. The van der Waals surface area contributed by atoms with Crippen LogP contribution in [-0.4, -0.2) is 16.2 Å². The fourth-order valence-electron chi connectivity index (χ4n) is 3.46. The maximum absolute atomic E-state index is 6.20. The number of anilines is 1. The number of nitrogens with zero attached hydrogens (tertiary/aromatic N) is 2. The Morgan fingerprint density at radius 3 is 2.45 bits per heavy atom. The van der Waals surface area contributed by atoms with Gasteiger partial charge in [-0.2, -0.15) is 0 Å². The predicted molar refractivity (Wildman–Crippen MR) is 81.9 cm³/mol. The van der Waals surface area contributed by atoms with Gasteiger partial charge in [-0.05, 0) is 29.9 Å². The van der Waals surface area contributed by atoms with Crippen molar-refractivity contribution < 1.29 is 4.74 Å². The van der Waals surface area contributed by atoms with Gasteiger partial charge < -0.3 is 15.0 Å². The average molecular weight is 273 g/mol. The van der Waals surface area contributed by atoms with E-state index in [1.54, 1.807) is 0 Å². The van der Waals surface area contributed by atoms with E-state index in [4.69, 9.17) is 10.5 Å². The molecule has 1 aliphatic carbocycles. The first-order valence-electron chi connectivity index (χ1n) is 7.21. The van der Waals surface area contributed by atoms with Gasteiger partial charge in [0.2, 0.25) is 5.95 Å². The summed E-state index contributed by atoms with van der Waals surface area (Å²) in [5.41, 5.74) is 8.57. The Labute approximate surface area is 119 Å². The molecule has 1 aliphatic rings. The van der Waals surface area contributed by atoms with Gasteiger partial charge in [-0.25, -0.2) is 4.98 Å². The third kappa shape index (κ3) is 1.51. The first-order valence-corrected chi connectivity index (χ1v) is 7.21. The summed E-state index contributed by atoms with van der Waals surface area (Å²) in [6.07, 6.45) is 0. The molecule has 1 saturated carbocycles. The molecule has 0 unspecified atom stereocenters. The van der Waals surface area contributed by atoms with Crippen LogP contribution in [0.5, 0.6) is 5.75 Å². The summed E-state index contributed by atoms with van der Waals surface area (Å²) in [4.78, 5) is 4.54. The van der Waals surface area contributed by atoms with Gasteiger partial charge >= 0.3 is 0 Å². The number of hydrogen-bond donors (Lipinski definition) is 1. The summed E-state index contributed by atoms with van der Waals surface area (Å²) in [6.45, 7) is 11.8. The molecule has 3 rings (SSSR count). The van der Waals surface area contributed by atoms with Gasteiger partial charge in [0.25, 0.3) is 0 Å². The number of para-hydroxylation sites is 1. The molecule has 0 atom stereocenters. The van der Waals surface area contributed by atoms with E-state index in [2.05, 4.69) is 43.3 Å². The molecule has 0 spiro atoms. The van der Waals surface area contributed by atoms with Crippen LogP contribution in [0.25, 0.3) is 11.0 Å². The summed E-state index contributed by atoms with van der Waals surface area (Å²) < 4.78 is 7.84. The van der Waals surface area contributed by atoms with Gasteiger partial charge in [-0.15, -0.1) is 0 Å². The van der Waals surface area contributed by atoms with Crippen LogP contribution in [0.4, 0.5) is 5.95 Å². The Balaban J connectivity index is 2.19. The van der Waals surface area contributed by atoms with Crippen molar-refractivity contribution in [2.75, 3.05) is 12.3 Å². The predicted octanol–water partition coefficient (Wildman–Crippen LogP) is 3.62. The number of nitrogens with two attached hydrogens (primary N) is 1. The Bertz CT molecular complexity index is 656. The second kappa shape index (κ2) is 3.90. The van der Waals surface area contributed by atoms with E-state index in [0.717, 1.165) is 16.8 Å². The minimum atomic E-state index is 0.219. The Morgan fingerprint density at radius 2 is 1.90 bits per heavy atom. The molecule has 0 amide bonds. The molecule has 1 fully saturated rings. The van der Waals surface area contributed by atoms with E-state index in [1.807, 2.05) is 19.1 Å². The quantitative estimate of drug-likeness (QED) is 0.929. The molecule has 0 aliphatic heterocycles. The van der Waals surface area contributed by atoms with Gasteiger partial charge in [0.05, 0.1) is 12.1 Å². The maximum Gasteiger partial charge on any atom is 0.201 e. The van der Waals surface area contributed by atoms with Crippen molar-refractivity contribution in [1.82, 2.24) is 9.55 Å². The van der Waals surface area contributed by atoms with Gasteiger partial charge in [0.1, 0.15) is 11.3 Å². The number of imidazole rings is 1. The Kier molecular flexibility index (Phi) is 2.59. The highest BCUT2D eigenvalue weighted by Gasteiger charge is 2.66. The first kappa shape index (κ1) is 13.3.